The molecule has 2 heterocycles. The van der Waals surface area contributed by atoms with Crippen LogP contribution in [0, 0.1) is 0 Å². The van der Waals surface area contributed by atoms with Crippen molar-refractivity contribution < 1.29 is 19.1 Å². The first kappa shape index (κ1) is 22.4. The van der Waals surface area contributed by atoms with Crippen LogP contribution in [-0.2, 0) is 22.6 Å². The van der Waals surface area contributed by atoms with Gasteiger partial charge in [0, 0.05) is 52.4 Å². The molecule has 1 aromatic rings. The van der Waals surface area contributed by atoms with Gasteiger partial charge in [-0.05, 0) is 31.9 Å². The molecule has 3 rings (SSSR count). The summed E-state index contributed by atoms with van der Waals surface area (Å²) in [5.74, 6) is 0. The van der Waals surface area contributed by atoms with E-state index < -0.39 is 5.60 Å². The first-order valence-corrected chi connectivity index (χ1v) is 10.7. The summed E-state index contributed by atoms with van der Waals surface area (Å²) in [7, 11) is 0. The van der Waals surface area contributed by atoms with E-state index in [1.807, 2.05) is 32.9 Å². The van der Waals surface area contributed by atoms with Crippen LogP contribution in [0.1, 0.15) is 31.9 Å². The van der Waals surface area contributed by atoms with Gasteiger partial charge in [-0.25, -0.2) is 9.59 Å². The second kappa shape index (κ2) is 10.1. The molecule has 0 unspecified atom stereocenters. The number of carbonyl (C=O) groups excluding carboxylic acids is 2. The second-order valence-corrected chi connectivity index (χ2v) is 8.77. The van der Waals surface area contributed by atoms with Gasteiger partial charge in [-0.15, -0.1) is 0 Å². The molecule has 3 amide bonds. The van der Waals surface area contributed by atoms with Crippen LogP contribution in [0.2, 0.25) is 0 Å². The highest BCUT2D eigenvalue weighted by Crippen LogP contribution is 2.14. The molecule has 8 nitrogen and oxygen atoms in total. The second-order valence-electron chi connectivity index (χ2n) is 8.77. The first-order chi connectivity index (χ1) is 14.3. The Morgan fingerprint density at radius 2 is 1.57 bits per heavy atom. The van der Waals surface area contributed by atoms with Gasteiger partial charge in [-0.2, -0.15) is 0 Å². The third-order valence-corrected chi connectivity index (χ3v) is 5.26. The predicted molar refractivity (Wildman–Crippen MR) is 114 cm³/mol. The molecule has 0 saturated carbocycles. The van der Waals surface area contributed by atoms with Gasteiger partial charge in [0.05, 0.1) is 13.2 Å². The molecule has 0 radical (unpaired) electrons. The Bertz CT molecular complexity index is 720. The van der Waals surface area contributed by atoms with Crippen LogP contribution < -0.4 is 5.32 Å². The fraction of sp³-hybridized carbons (Fsp3) is 0.636. The summed E-state index contributed by atoms with van der Waals surface area (Å²) in [5.41, 5.74) is 1.85. The van der Waals surface area contributed by atoms with Crippen LogP contribution in [0.5, 0.6) is 0 Å². The van der Waals surface area contributed by atoms with Crippen molar-refractivity contribution in [1.82, 2.24) is 20.0 Å². The lowest BCUT2D eigenvalue weighted by Crippen LogP contribution is -2.53. The van der Waals surface area contributed by atoms with Gasteiger partial charge in [0.2, 0.25) is 0 Å². The van der Waals surface area contributed by atoms with Gasteiger partial charge in [0.25, 0.3) is 0 Å². The molecule has 166 valence electrons. The lowest BCUT2D eigenvalue weighted by Gasteiger charge is -2.35. The number of ether oxygens (including phenoxy) is 2. The molecule has 0 atom stereocenters. The maximum absolute atomic E-state index is 12.6. The number of rotatable bonds is 4. The topological polar surface area (TPSA) is 74.4 Å². The van der Waals surface area contributed by atoms with Crippen molar-refractivity contribution in [1.29, 1.82) is 0 Å². The third-order valence-electron chi connectivity index (χ3n) is 5.26. The van der Waals surface area contributed by atoms with Crippen LogP contribution >= 0.6 is 0 Å². The van der Waals surface area contributed by atoms with E-state index in [-0.39, 0.29) is 12.1 Å². The molecule has 0 aliphatic carbocycles. The number of carbonyl (C=O) groups is 2. The number of amides is 3. The van der Waals surface area contributed by atoms with E-state index >= 15 is 0 Å². The Morgan fingerprint density at radius 3 is 2.20 bits per heavy atom. The average Bonchev–Trinajstić information content (AvgIpc) is 2.72. The molecule has 2 fully saturated rings. The summed E-state index contributed by atoms with van der Waals surface area (Å²) >= 11 is 0. The third kappa shape index (κ3) is 6.60. The van der Waals surface area contributed by atoms with E-state index in [2.05, 4.69) is 22.3 Å². The molecule has 1 aromatic carbocycles. The fourth-order valence-electron chi connectivity index (χ4n) is 3.59. The van der Waals surface area contributed by atoms with Crippen LogP contribution in [0.25, 0.3) is 0 Å². The molecule has 0 spiro atoms. The van der Waals surface area contributed by atoms with Crippen molar-refractivity contribution in [3.63, 3.8) is 0 Å². The van der Waals surface area contributed by atoms with Crippen LogP contribution in [0.15, 0.2) is 24.3 Å². The van der Waals surface area contributed by atoms with Crippen molar-refractivity contribution in [3.8, 4) is 0 Å². The number of benzene rings is 1. The molecule has 8 heteroatoms. The van der Waals surface area contributed by atoms with Crippen molar-refractivity contribution >= 4 is 12.1 Å². The van der Waals surface area contributed by atoms with E-state index in [1.165, 1.54) is 5.56 Å². The summed E-state index contributed by atoms with van der Waals surface area (Å²) in [4.78, 5) is 30.6. The minimum atomic E-state index is -0.514. The lowest BCUT2D eigenvalue weighted by molar-refractivity contribution is 0.0170. The number of nitrogens with zero attached hydrogens (tertiary/aromatic N) is 3. The van der Waals surface area contributed by atoms with Gasteiger partial charge in [-0.3, -0.25) is 4.90 Å². The number of hydrogen-bond donors (Lipinski definition) is 1. The molecule has 0 aromatic heterocycles. The van der Waals surface area contributed by atoms with Crippen LogP contribution in [-0.4, -0.2) is 84.9 Å². The van der Waals surface area contributed by atoms with Crippen molar-refractivity contribution in [3.05, 3.63) is 35.4 Å². The zero-order valence-corrected chi connectivity index (χ0v) is 18.4. The van der Waals surface area contributed by atoms with Crippen LogP contribution in [0.3, 0.4) is 0 Å². The van der Waals surface area contributed by atoms with Gasteiger partial charge < -0.3 is 24.6 Å². The maximum Gasteiger partial charge on any atom is 0.410 e. The van der Waals surface area contributed by atoms with E-state index in [4.69, 9.17) is 9.47 Å². The van der Waals surface area contributed by atoms with E-state index in [9.17, 15) is 9.59 Å². The van der Waals surface area contributed by atoms with Gasteiger partial charge in [-0.1, -0.05) is 24.3 Å². The Hall–Kier alpha value is -2.32. The number of morpholine rings is 1. The smallest absolute Gasteiger partial charge is 0.410 e. The van der Waals surface area contributed by atoms with Crippen LogP contribution in [0.4, 0.5) is 9.59 Å². The highest BCUT2D eigenvalue weighted by Gasteiger charge is 2.27. The number of piperazine rings is 1. The molecule has 30 heavy (non-hydrogen) atoms. The monoisotopic (exact) mass is 418 g/mol. The van der Waals surface area contributed by atoms with E-state index in [0.717, 1.165) is 38.4 Å². The zero-order chi connectivity index (χ0) is 21.6. The van der Waals surface area contributed by atoms with E-state index in [0.29, 0.717) is 32.7 Å². The lowest BCUT2D eigenvalue weighted by atomic mass is 10.1. The minimum absolute atomic E-state index is 0.0972. The Kier molecular flexibility index (Phi) is 7.55. The molecule has 0 bridgehead atoms. The fourth-order valence-corrected chi connectivity index (χ4v) is 3.59. The van der Waals surface area contributed by atoms with Gasteiger partial charge in [0.15, 0.2) is 0 Å². The summed E-state index contributed by atoms with van der Waals surface area (Å²) in [6, 6.07) is 8.13. The number of urea groups is 1. The molecule has 1 N–H and O–H groups in total. The Balaban J connectivity index is 1.47. The first-order valence-electron chi connectivity index (χ1n) is 10.7. The Labute approximate surface area is 179 Å². The minimum Gasteiger partial charge on any atom is -0.444 e. The maximum atomic E-state index is 12.6. The van der Waals surface area contributed by atoms with Crippen molar-refractivity contribution in [2.24, 2.45) is 0 Å². The summed E-state index contributed by atoms with van der Waals surface area (Å²) in [5, 5.41) is 3.04. The quantitative estimate of drug-likeness (QED) is 0.812. The van der Waals surface area contributed by atoms with Crippen molar-refractivity contribution in [2.75, 3.05) is 52.5 Å². The normalized spacial score (nSPS) is 18.2. The average molecular weight is 419 g/mol. The largest absolute Gasteiger partial charge is 0.444 e. The van der Waals surface area contributed by atoms with E-state index in [1.54, 1.807) is 9.80 Å². The molecule has 2 saturated heterocycles. The van der Waals surface area contributed by atoms with Gasteiger partial charge >= 0.3 is 12.1 Å². The molecular formula is C22H34N4O4. The Morgan fingerprint density at radius 1 is 0.967 bits per heavy atom. The zero-order valence-electron chi connectivity index (χ0n) is 18.4. The standard InChI is InChI=1S/C22H34N4O4/c1-22(2,3)30-21(28)26-10-8-25(9-11-26)20(27)23-16-18-6-4-5-7-19(18)17-24-12-14-29-15-13-24/h4-7H,8-17H2,1-3H3,(H,23,27). The summed E-state index contributed by atoms with van der Waals surface area (Å²) in [6.07, 6.45) is -0.320. The van der Waals surface area contributed by atoms with Crippen molar-refractivity contribution in [2.45, 2.75) is 39.5 Å². The highest BCUT2D eigenvalue weighted by molar-refractivity contribution is 5.75. The molecular weight excluding hydrogens is 384 g/mol. The number of hydrogen-bond acceptors (Lipinski definition) is 5. The highest BCUT2D eigenvalue weighted by atomic mass is 16.6. The van der Waals surface area contributed by atoms with Gasteiger partial charge in [0.1, 0.15) is 5.60 Å². The summed E-state index contributed by atoms with van der Waals surface area (Å²) in [6.45, 7) is 12.3. The molecule has 2 aliphatic rings. The summed E-state index contributed by atoms with van der Waals surface area (Å²) < 4.78 is 10.8. The predicted octanol–water partition coefficient (Wildman–Crippen LogP) is 2.28. The SMILES string of the molecule is CC(C)(C)OC(=O)N1CCN(C(=O)NCc2ccccc2CN2CCOCC2)CC1. The molecule has 2 aliphatic heterocycles. The number of nitrogens with one attached hydrogen (secondary N) is 1.